The van der Waals surface area contributed by atoms with Gasteiger partial charge >= 0.3 is 6.03 Å². The molecule has 0 aliphatic carbocycles. The first-order chi connectivity index (χ1) is 17.1. The van der Waals surface area contributed by atoms with Crippen LogP contribution in [0.4, 0.5) is 14.9 Å². The van der Waals surface area contributed by atoms with Crippen LogP contribution in [0.1, 0.15) is 23.1 Å². The minimum Gasteiger partial charge on any atom is -0.375 e. The van der Waals surface area contributed by atoms with E-state index in [1.165, 1.54) is 30.0 Å². The van der Waals surface area contributed by atoms with Crippen molar-refractivity contribution in [1.82, 2.24) is 9.05 Å². The number of terminal acetylenes is 1. The fourth-order valence-corrected chi connectivity index (χ4v) is 5.24. The van der Waals surface area contributed by atoms with Gasteiger partial charge in [0.2, 0.25) is 5.54 Å². The molecule has 1 aromatic heterocycles. The Morgan fingerprint density at radius 1 is 1.19 bits per heavy atom. The molecule has 0 bridgehead atoms. The van der Waals surface area contributed by atoms with Crippen molar-refractivity contribution in [2.75, 3.05) is 13.7 Å². The summed E-state index contributed by atoms with van der Waals surface area (Å²) in [7, 11) is 1.43. The van der Waals surface area contributed by atoms with Crippen LogP contribution in [0.5, 0.6) is 0 Å². The number of hydrogen-bond acceptors (Lipinski definition) is 4. The number of quaternary nitrogens is 1. The minimum absolute atomic E-state index is 0.0529. The number of pyridine rings is 1. The second-order valence-corrected chi connectivity index (χ2v) is 8.84. The summed E-state index contributed by atoms with van der Waals surface area (Å²) in [4.78, 5) is 39.1. The standard InChI is InChI=1S/C27H25FN4O4/c1-4-18-7-10-20(11-8-18)32(26(30)35)16-21(36-3)15-27(32,25(29)34)22-12-9-19(14-23(22)28)31-13-5-6-17(2)24(31)33/h1,5-14,21H,15-16H2,2-3H3,(H3-,29,30,34,35)/p+1/t21-,27+,32?/m1/s1. The van der Waals surface area contributed by atoms with Crippen molar-refractivity contribution in [3.8, 4) is 18.0 Å². The SMILES string of the molecule is C#Cc1ccc([N+]2(C(N)=O)C[C@H](OC)C[C@@]2(C(N)=O)c2ccc(-n3cccc(C)c3=O)cc2F)cc1. The Kier molecular flexibility index (Phi) is 6.26. The van der Waals surface area contributed by atoms with Crippen molar-refractivity contribution in [2.45, 2.75) is 25.0 Å². The predicted molar refractivity (Wildman–Crippen MR) is 134 cm³/mol. The molecule has 3 aromatic rings. The Morgan fingerprint density at radius 2 is 1.89 bits per heavy atom. The van der Waals surface area contributed by atoms with E-state index in [2.05, 4.69) is 5.92 Å². The van der Waals surface area contributed by atoms with Gasteiger partial charge in [0.05, 0.1) is 11.3 Å². The highest BCUT2D eigenvalue weighted by molar-refractivity contribution is 5.99. The molecule has 4 N–H and O–H groups in total. The van der Waals surface area contributed by atoms with Gasteiger partial charge in [0.25, 0.3) is 11.5 Å². The number of benzene rings is 2. The number of rotatable bonds is 5. The molecule has 184 valence electrons. The van der Waals surface area contributed by atoms with Gasteiger partial charge in [-0.15, -0.1) is 6.42 Å². The molecule has 3 amide bonds. The van der Waals surface area contributed by atoms with Gasteiger partial charge in [-0.3, -0.25) is 14.2 Å². The highest BCUT2D eigenvalue weighted by atomic mass is 19.1. The van der Waals surface area contributed by atoms with Crippen LogP contribution in [0.15, 0.2) is 65.6 Å². The highest BCUT2D eigenvalue weighted by Gasteiger charge is 2.69. The first-order valence-electron chi connectivity index (χ1n) is 11.2. The molecular weight excluding hydrogens is 463 g/mol. The third kappa shape index (κ3) is 3.50. The first kappa shape index (κ1) is 24.9. The van der Waals surface area contributed by atoms with Crippen molar-refractivity contribution in [2.24, 2.45) is 11.5 Å². The molecule has 1 saturated heterocycles. The highest BCUT2D eigenvalue weighted by Crippen LogP contribution is 2.50. The number of methoxy groups -OCH3 is 1. The fourth-order valence-electron chi connectivity index (χ4n) is 5.24. The Labute approximate surface area is 207 Å². The maximum atomic E-state index is 15.9. The van der Waals surface area contributed by atoms with E-state index >= 15 is 4.39 Å². The molecule has 1 fully saturated rings. The number of primary amides is 2. The number of likely N-dealkylation sites (tertiary alicyclic amines) is 1. The van der Waals surface area contributed by atoms with Crippen molar-refractivity contribution < 1.29 is 18.7 Å². The zero-order valence-electron chi connectivity index (χ0n) is 19.9. The van der Waals surface area contributed by atoms with Crippen LogP contribution in [0.3, 0.4) is 0 Å². The molecule has 1 unspecified atom stereocenters. The molecule has 2 heterocycles. The lowest BCUT2D eigenvalue weighted by atomic mass is 9.83. The Morgan fingerprint density at radius 3 is 2.44 bits per heavy atom. The molecule has 0 spiro atoms. The maximum Gasteiger partial charge on any atom is 0.420 e. The van der Waals surface area contributed by atoms with E-state index in [0.717, 1.165) is 6.07 Å². The van der Waals surface area contributed by atoms with Gasteiger partial charge in [-0.1, -0.05) is 12.0 Å². The zero-order chi connectivity index (χ0) is 26.3. The summed E-state index contributed by atoms with van der Waals surface area (Å²) in [6.07, 6.45) is 6.24. The number of halogens is 1. The van der Waals surface area contributed by atoms with Crippen LogP contribution in [-0.2, 0) is 15.1 Å². The van der Waals surface area contributed by atoms with Crippen molar-refractivity contribution in [3.05, 3.63) is 93.7 Å². The van der Waals surface area contributed by atoms with Gasteiger partial charge in [0.15, 0.2) is 0 Å². The van der Waals surface area contributed by atoms with E-state index in [1.807, 2.05) is 0 Å². The summed E-state index contributed by atoms with van der Waals surface area (Å²) in [6.45, 7) is 1.60. The number of hydrogen-bond donors (Lipinski definition) is 2. The van der Waals surface area contributed by atoms with E-state index in [-0.39, 0.29) is 29.8 Å². The molecule has 0 radical (unpaired) electrons. The third-order valence-electron chi connectivity index (χ3n) is 7.06. The summed E-state index contributed by atoms with van der Waals surface area (Å²) >= 11 is 0. The van der Waals surface area contributed by atoms with Crippen LogP contribution >= 0.6 is 0 Å². The van der Waals surface area contributed by atoms with Crippen LogP contribution in [0.2, 0.25) is 0 Å². The summed E-state index contributed by atoms with van der Waals surface area (Å²) in [6, 6.07) is 12.8. The number of aryl methyl sites for hydroxylation is 1. The minimum atomic E-state index is -1.93. The molecule has 3 atom stereocenters. The summed E-state index contributed by atoms with van der Waals surface area (Å²) in [5.41, 5.74) is 11.2. The Bertz CT molecular complexity index is 1460. The quantitative estimate of drug-likeness (QED) is 0.423. The lowest BCUT2D eigenvalue weighted by molar-refractivity contribution is -0.127. The van der Waals surface area contributed by atoms with Gasteiger partial charge in [-0.2, -0.15) is 4.48 Å². The lowest BCUT2D eigenvalue weighted by Gasteiger charge is -2.42. The Balaban J connectivity index is 2.00. The third-order valence-corrected chi connectivity index (χ3v) is 7.06. The van der Waals surface area contributed by atoms with Crippen LogP contribution in [0.25, 0.3) is 5.69 Å². The first-order valence-corrected chi connectivity index (χ1v) is 11.2. The number of carbonyl (C=O) groups excluding carboxylic acids is 2. The zero-order valence-corrected chi connectivity index (χ0v) is 19.9. The summed E-state index contributed by atoms with van der Waals surface area (Å²) in [5.74, 6) is 0.731. The largest absolute Gasteiger partial charge is 0.420 e. The summed E-state index contributed by atoms with van der Waals surface area (Å²) < 4.78 is 22.0. The van der Waals surface area contributed by atoms with Crippen molar-refractivity contribution in [1.29, 1.82) is 0 Å². The maximum absolute atomic E-state index is 15.9. The molecule has 2 aromatic carbocycles. The molecular formula is C27H26FN4O4+. The fraction of sp³-hybridized carbons (Fsp3) is 0.222. The number of nitrogens with two attached hydrogens (primary N) is 2. The lowest BCUT2D eigenvalue weighted by Crippen LogP contribution is -2.70. The second kappa shape index (κ2) is 9.07. The van der Waals surface area contributed by atoms with E-state index in [1.54, 1.807) is 43.3 Å². The monoisotopic (exact) mass is 489 g/mol. The number of ether oxygens (including phenoxy) is 1. The molecule has 1 aliphatic rings. The predicted octanol–water partition coefficient (Wildman–Crippen LogP) is 2.45. The van der Waals surface area contributed by atoms with Crippen LogP contribution in [0, 0.1) is 25.1 Å². The molecule has 4 rings (SSSR count). The number of nitrogens with zero attached hydrogens (tertiary/aromatic N) is 2. The van der Waals surface area contributed by atoms with Gasteiger partial charge in [-0.25, -0.2) is 9.18 Å². The topological polar surface area (TPSA) is 117 Å². The van der Waals surface area contributed by atoms with Gasteiger partial charge < -0.3 is 16.2 Å². The van der Waals surface area contributed by atoms with Crippen LogP contribution < -0.4 is 21.5 Å². The number of amides is 3. The second-order valence-electron chi connectivity index (χ2n) is 8.84. The normalized spacial score (nSPS) is 23.2. The molecule has 36 heavy (non-hydrogen) atoms. The van der Waals surface area contributed by atoms with Crippen LogP contribution in [-0.4, -0.2) is 36.3 Å². The number of urea groups is 1. The average molecular weight is 490 g/mol. The van der Waals surface area contributed by atoms with Crippen molar-refractivity contribution >= 4 is 17.6 Å². The number of aromatic nitrogens is 1. The van der Waals surface area contributed by atoms with Gasteiger partial charge in [0, 0.05) is 43.0 Å². The van der Waals surface area contributed by atoms with E-state index < -0.39 is 33.9 Å². The van der Waals surface area contributed by atoms with E-state index in [4.69, 9.17) is 22.6 Å². The van der Waals surface area contributed by atoms with E-state index in [0.29, 0.717) is 16.8 Å². The van der Waals surface area contributed by atoms with Crippen molar-refractivity contribution in [3.63, 3.8) is 0 Å². The smallest absolute Gasteiger partial charge is 0.375 e. The van der Waals surface area contributed by atoms with Gasteiger partial charge in [0.1, 0.15) is 24.2 Å². The molecule has 8 nitrogen and oxygen atoms in total. The average Bonchev–Trinajstić information content (AvgIpc) is 3.23. The van der Waals surface area contributed by atoms with E-state index in [9.17, 15) is 14.4 Å². The van der Waals surface area contributed by atoms with Gasteiger partial charge in [-0.05, 0) is 43.3 Å². The Hall–Kier alpha value is -4.26. The number of carbonyl (C=O) groups is 2. The molecule has 1 aliphatic heterocycles. The molecule has 9 heteroatoms. The molecule has 0 saturated carbocycles. The summed E-state index contributed by atoms with van der Waals surface area (Å²) in [5, 5.41) is 0.